The van der Waals surface area contributed by atoms with E-state index in [1.807, 2.05) is 12.1 Å². The molecule has 1 aromatic carbocycles. The zero-order chi connectivity index (χ0) is 13.1. The third kappa shape index (κ3) is 3.37. The summed E-state index contributed by atoms with van der Waals surface area (Å²) >= 11 is 6.10. The minimum Gasteiger partial charge on any atom is -0.493 e. The van der Waals surface area contributed by atoms with Gasteiger partial charge in [-0.2, -0.15) is 0 Å². The van der Waals surface area contributed by atoms with Gasteiger partial charge in [-0.05, 0) is 38.0 Å². The highest BCUT2D eigenvalue weighted by Crippen LogP contribution is 2.32. The van der Waals surface area contributed by atoms with Crippen LogP contribution in [0.15, 0.2) is 12.1 Å². The van der Waals surface area contributed by atoms with E-state index in [-0.39, 0.29) is 12.1 Å². The molecule has 0 radical (unpaired) electrons. The van der Waals surface area contributed by atoms with E-state index in [0.29, 0.717) is 0 Å². The summed E-state index contributed by atoms with van der Waals surface area (Å²) in [5.41, 5.74) is 2.30. The lowest BCUT2D eigenvalue weighted by Gasteiger charge is -2.16. The van der Waals surface area contributed by atoms with E-state index < -0.39 is 0 Å². The number of halogens is 1. The zero-order valence-corrected chi connectivity index (χ0v) is 11.6. The van der Waals surface area contributed by atoms with Gasteiger partial charge < -0.3 is 15.2 Å². The maximum absolute atomic E-state index is 9.33. The van der Waals surface area contributed by atoms with Crippen molar-refractivity contribution in [3.63, 3.8) is 0 Å². The first kappa shape index (κ1) is 13.7. The number of hydrogen-bond donors (Lipinski definition) is 2. The average molecular weight is 270 g/mol. The smallest absolute Gasteiger partial charge is 0.127 e. The highest BCUT2D eigenvalue weighted by atomic mass is 35.5. The number of hydrogen-bond acceptors (Lipinski definition) is 3. The predicted molar refractivity (Wildman–Crippen MR) is 73.3 cm³/mol. The number of fused-ring (bicyclic) bond motifs is 1. The Morgan fingerprint density at radius 1 is 1.44 bits per heavy atom. The Hall–Kier alpha value is -0.770. The molecule has 18 heavy (non-hydrogen) atoms. The van der Waals surface area contributed by atoms with E-state index >= 15 is 0 Å². The molecule has 0 saturated heterocycles. The Morgan fingerprint density at radius 2 is 2.22 bits per heavy atom. The van der Waals surface area contributed by atoms with Gasteiger partial charge in [-0.3, -0.25) is 0 Å². The molecule has 0 bridgehead atoms. The monoisotopic (exact) mass is 269 g/mol. The molecule has 0 amide bonds. The molecule has 0 spiro atoms. The fourth-order valence-electron chi connectivity index (χ4n) is 2.36. The molecule has 2 unspecified atom stereocenters. The molecule has 3 nitrogen and oxygen atoms in total. The van der Waals surface area contributed by atoms with Crippen LogP contribution in [0.25, 0.3) is 0 Å². The van der Waals surface area contributed by atoms with Crippen molar-refractivity contribution in [2.45, 2.75) is 45.4 Å². The Bertz CT molecular complexity index is 421. The van der Waals surface area contributed by atoms with Crippen molar-refractivity contribution in [3.8, 4) is 5.75 Å². The Balaban J connectivity index is 2.01. The summed E-state index contributed by atoms with van der Waals surface area (Å²) in [6, 6.07) is 4.20. The topological polar surface area (TPSA) is 41.5 Å². The standard InChI is InChI=1S/C14H20ClNO2/c1-9(5-10(2)17)16-8-12-7-13(15)6-11-3-4-18-14(11)12/h6-7,9-10,16-17H,3-5,8H2,1-2H3. The van der Waals surface area contributed by atoms with Crippen molar-refractivity contribution in [1.29, 1.82) is 0 Å². The van der Waals surface area contributed by atoms with Crippen molar-refractivity contribution in [2.75, 3.05) is 6.61 Å². The van der Waals surface area contributed by atoms with Crippen LogP contribution in [0.5, 0.6) is 5.75 Å². The van der Waals surface area contributed by atoms with Gasteiger partial charge in [0.2, 0.25) is 0 Å². The second-order valence-corrected chi connectivity index (χ2v) is 5.45. The summed E-state index contributed by atoms with van der Waals surface area (Å²) < 4.78 is 5.65. The summed E-state index contributed by atoms with van der Waals surface area (Å²) in [6.07, 6.45) is 1.39. The van der Waals surface area contributed by atoms with Crippen molar-refractivity contribution >= 4 is 11.6 Å². The fourth-order valence-corrected chi connectivity index (χ4v) is 2.62. The molecule has 1 aliphatic rings. The second-order valence-electron chi connectivity index (χ2n) is 5.02. The molecule has 0 saturated carbocycles. The van der Waals surface area contributed by atoms with Crippen molar-refractivity contribution < 1.29 is 9.84 Å². The van der Waals surface area contributed by atoms with Gasteiger partial charge in [0, 0.05) is 29.6 Å². The molecule has 2 rings (SSSR count). The molecule has 0 aromatic heterocycles. The maximum atomic E-state index is 9.33. The average Bonchev–Trinajstić information content (AvgIpc) is 2.72. The number of aliphatic hydroxyl groups excluding tert-OH is 1. The van der Waals surface area contributed by atoms with E-state index in [9.17, 15) is 5.11 Å². The lowest BCUT2D eigenvalue weighted by atomic mass is 10.1. The molecule has 4 heteroatoms. The maximum Gasteiger partial charge on any atom is 0.127 e. The summed E-state index contributed by atoms with van der Waals surface area (Å²) in [7, 11) is 0. The van der Waals surface area contributed by atoms with Crippen LogP contribution in [0.3, 0.4) is 0 Å². The molecule has 1 aromatic rings. The summed E-state index contributed by atoms with van der Waals surface area (Å²) in [4.78, 5) is 0. The van der Waals surface area contributed by atoms with Crippen molar-refractivity contribution in [3.05, 3.63) is 28.3 Å². The van der Waals surface area contributed by atoms with Gasteiger partial charge in [0.25, 0.3) is 0 Å². The first-order chi connectivity index (χ1) is 8.56. The second kappa shape index (κ2) is 5.91. The quantitative estimate of drug-likeness (QED) is 0.863. The van der Waals surface area contributed by atoms with Crippen LogP contribution in [0.1, 0.15) is 31.4 Å². The lowest BCUT2D eigenvalue weighted by Crippen LogP contribution is -2.28. The van der Waals surface area contributed by atoms with Gasteiger partial charge in [-0.1, -0.05) is 11.6 Å². The minimum absolute atomic E-state index is 0.265. The molecule has 2 N–H and O–H groups in total. The number of benzene rings is 1. The molecular formula is C14H20ClNO2. The zero-order valence-electron chi connectivity index (χ0n) is 10.9. The number of rotatable bonds is 5. The van der Waals surface area contributed by atoms with Gasteiger partial charge in [0.15, 0.2) is 0 Å². The largest absolute Gasteiger partial charge is 0.493 e. The van der Waals surface area contributed by atoms with Crippen LogP contribution >= 0.6 is 11.6 Å². The first-order valence-electron chi connectivity index (χ1n) is 6.42. The van der Waals surface area contributed by atoms with Crippen LogP contribution in [0.2, 0.25) is 5.02 Å². The predicted octanol–water partition coefficient (Wildman–Crippen LogP) is 2.52. The third-order valence-corrected chi connectivity index (χ3v) is 3.38. The number of ether oxygens (including phenoxy) is 1. The minimum atomic E-state index is -0.283. The summed E-state index contributed by atoms with van der Waals surface area (Å²) in [5, 5.41) is 13.5. The number of aliphatic hydroxyl groups is 1. The van der Waals surface area contributed by atoms with Crippen LogP contribution in [-0.2, 0) is 13.0 Å². The van der Waals surface area contributed by atoms with E-state index in [1.165, 1.54) is 5.56 Å². The van der Waals surface area contributed by atoms with Gasteiger partial charge in [-0.15, -0.1) is 0 Å². The highest BCUT2D eigenvalue weighted by Gasteiger charge is 2.17. The van der Waals surface area contributed by atoms with E-state index in [2.05, 4.69) is 12.2 Å². The summed E-state index contributed by atoms with van der Waals surface area (Å²) in [6.45, 7) is 5.33. The van der Waals surface area contributed by atoms with E-state index in [1.54, 1.807) is 6.92 Å². The van der Waals surface area contributed by atoms with Gasteiger partial charge in [0.05, 0.1) is 12.7 Å². The van der Waals surface area contributed by atoms with Gasteiger partial charge in [-0.25, -0.2) is 0 Å². The fraction of sp³-hybridized carbons (Fsp3) is 0.571. The van der Waals surface area contributed by atoms with E-state index in [0.717, 1.165) is 42.3 Å². The SMILES string of the molecule is CC(O)CC(C)NCc1cc(Cl)cc2c1OCC2. The molecule has 0 fully saturated rings. The van der Waals surface area contributed by atoms with Crippen LogP contribution in [0, 0.1) is 0 Å². The molecule has 1 aliphatic heterocycles. The lowest BCUT2D eigenvalue weighted by molar-refractivity contribution is 0.170. The van der Waals surface area contributed by atoms with Crippen molar-refractivity contribution in [2.24, 2.45) is 0 Å². The van der Waals surface area contributed by atoms with Gasteiger partial charge >= 0.3 is 0 Å². The molecule has 0 aliphatic carbocycles. The summed E-state index contributed by atoms with van der Waals surface area (Å²) in [5.74, 6) is 0.983. The highest BCUT2D eigenvalue weighted by molar-refractivity contribution is 6.30. The number of nitrogens with one attached hydrogen (secondary N) is 1. The Morgan fingerprint density at radius 3 is 2.94 bits per heavy atom. The third-order valence-electron chi connectivity index (χ3n) is 3.16. The molecule has 100 valence electrons. The first-order valence-corrected chi connectivity index (χ1v) is 6.79. The van der Waals surface area contributed by atoms with Crippen LogP contribution < -0.4 is 10.1 Å². The van der Waals surface area contributed by atoms with Crippen LogP contribution in [-0.4, -0.2) is 23.9 Å². The van der Waals surface area contributed by atoms with Gasteiger partial charge in [0.1, 0.15) is 5.75 Å². The van der Waals surface area contributed by atoms with Crippen molar-refractivity contribution in [1.82, 2.24) is 5.32 Å². The van der Waals surface area contributed by atoms with E-state index in [4.69, 9.17) is 16.3 Å². The molecule has 2 atom stereocenters. The Kier molecular flexibility index (Phi) is 4.49. The Labute approximate surface area is 113 Å². The molecule has 1 heterocycles. The molecular weight excluding hydrogens is 250 g/mol. The van der Waals surface area contributed by atoms with Crippen LogP contribution in [0.4, 0.5) is 0 Å². The normalized spacial score (nSPS) is 17.1.